The molecule has 0 unspecified atom stereocenters. The molecule has 0 saturated carbocycles. The van der Waals surface area contributed by atoms with Gasteiger partial charge in [-0.1, -0.05) is 0 Å². The Morgan fingerprint density at radius 1 is 0.581 bits per heavy atom. The Hall–Kier alpha value is -2.73. The van der Waals surface area contributed by atoms with E-state index in [1.54, 1.807) is 0 Å². The van der Waals surface area contributed by atoms with Crippen molar-refractivity contribution in [2.75, 3.05) is 0 Å². The van der Waals surface area contributed by atoms with Gasteiger partial charge in [-0.2, -0.15) is 0 Å². The van der Waals surface area contributed by atoms with Crippen molar-refractivity contribution in [2.24, 2.45) is 0 Å². The van der Waals surface area contributed by atoms with Crippen LogP contribution in [0.3, 0.4) is 0 Å². The molecule has 4 aromatic carbocycles. The summed E-state index contributed by atoms with van der Waals surface area (Å²) in [7, 11) is 0. The van der Waals surface area contributed by atoms with Crippen LogP contribution < -0.4 is 15.9 Å². The van der Waals surface area contributed by atoms with E-state index in [0.29, 0.717) is 5.66 Å². The Bertz CT molecular complexity index is 1030. The van der Waals surface area contributed by atoms with E-state index in [-0.39, 0.29) is 6.10 Å². The molecule has 156 valence electrons. The van der Waals surface area contributed by atoms with E-state index in [9.17, 15) is 0 Å². The van der Waals surface area contributed by atoms with Crippen LogP contribution in [0.25, 0.3) is 0 Å². The van der Waals surface area contributed by atoms with Crippen LogP contribution in [0.4, 0.5) is 0 Å². The maximum atomic E-state index is 7.45. The third kappa shape index (κ3) is 2.84. The molecule has 0 radical (unpaired) electrons. The number of hydrogen-bond donors (Lipinski definition) is 0. The minimum atomic E-state index is -3.14. The van der Waals surface area contributed by atoms with Crippen molar-refractivity contribution in [1.82, 2.24) is 0 Å². The molecule has 1 aliphatic rings. The van der Waals surface area contributed by atoms with Crippen molar-refractivity contribution in [3.8, 4) is 0 Å². The Kier molecular flexibility index (Phi) is 5.26. The van der Waals surface area contributed by atoms with Gasteiger partial charge in [0.2, 0.25) is 0 Å². The topological polar surface area (TPSA) is 9.23 Å². The van der Waals surface area contributed by atoms with Gasteiger partial charge >= 0.3 is 186 Å². The Morgan fingerprint density at radius 2 is 0.968 bits per heavy atom. The van der Waals surface area contributed by atoms with Gasteiger partial charge < -0.3 is 0 Å². The molecule has 31 heavy (non-hydrogen) atoms. The number of rotatable bonds is 6. The zero-order valence-corrected chi connectivity index (χ0v) is 18.9. The van der Waals surface area contributed by atoms with E-state index in [1.165, 1.54) is 21.5 Å². The van der Waals surface area contributed by atoms with Gasteiger partial charge in [0.05, 0.1) is 0 Å². The first-order chi connectivity index (χ1) is 15.3. The van der Waals surface area contributed by atoms with Crippen LogP contribution in [0.15, 0.2) is 121 Å². The first-order valence-electron chi connectivity index (χ1n) is 11.2. The van der Waals surface area contributed by atoms with Gasteiger partial charge in [-0.3, -0.25) is 0 Å². The molecule has 5 rings (SSSR count). The van der Waals surface area contributed by atoms with E-state index in [4.69, 9.17) is 4.52 Å². The molecule has 1 aliphatic heterocycles. The van der Waals surface area contributed by atoms with Gasteiger partial charge in [-0.15, -0.1) is 0 Å². The third-order valence-electron chi connectivity index (χ3n) is 6.83. The van der Waals surface area contributed by atoms with Crippen molar-refractivity contribution in [1.29, 1.82) is 0 Å². The van der Waals surface area contributed by atoms with Gasteiger partial charge in [0.15, 0.2) is 0 Å². The zero-order valence-electron chi connectivity index (χ0n) is 18.0. The minimum absolute atomic E-state index is 0.0967. The normalized spacial score (nSPS) is 22.5. The van der Waals surface area contributed by atoms with Crippen molar-refractivity contribution in [3.63, 3.8) is 0 Å². The van der Waals surface area contributed by atoms with Crippen LogP contribution >= 0.6 is 6.83 Å². The van der Waals surface area contributed by atoms with Crippen LogP contribution in [0.2, 0.25) is 0 Å². The van der Waals surface area contributed by atoms with Crippen LogP contribution in [0.1, 0.15) is 31.4 Å². The predicted octanol–water partition coefficient (Wildman–Crippen LogP) is 6.37. The average Bonchev–Trinajstić information content (AvgIpc) is 2.85. The van der Waals surface area contributed by atoms with Crippen LogP contribution in [-0.4, -0.2) is 5.66 Å². The summed E-state index contributed by atoms with van der Waals surface area (Å²) in [6, 6.07) is 43.9. The first-order valence-corrected chi connectivity index (χ1v) is 13.5. The van der Waals surface area contributed by atoms with E-state index in [2.05, 4.69) is 128 Å². The summed E-state index contributed by atoms with van der Waals surface area (Å²) in [6.07, 6.45) is 2.34. The Morgan fingerprint density at radius 3 is 1.35 bits per heavy atom. The van der Waals surface area contributed by atoms with Gasteiger partial charge in [-0.05, 0) is 0 Å². The SMILES string of the molecule is CCC[C@H]1[C@@H](c2ccccc2)OP1(c1ccccc1)(c1ccccc1)c1ccccc1. The summed E-state index contributed by atoms with van der Waals surface area (Å²) in [5.74, 6) is 0. The maximum absolute atomic E-state index is 7.45. The van der Waals surface area contributed by atoms with E-state index >= 15 is 0 Å². The van der Waals surface area contributed by atoms with E-state index in [0.717, 1.165) is 12.8 Å². The van der Waals surface area contributed by atoms with E-state index in [1.807, 2.05) is 0 Å². The van der Waals surface area contributed by atoms with Crippen LogP contribution in [0.5, 0.6) is 0 Å². The Labute approximate surface area is 185 Å². The molecule has 4 aromatic rings. The van der Waals surface area contributed by atoms with Gasteiger partial charge in [0, 0.05) is 0 Å². The summed E-state index contributed by atoms with van der Waals surface area (Å²) in [4.78, 5) is 0. The molecule has 0 aromatic heterocycles. The van der Waals surface area contributed by atoms with Gasteiger partial charge in [0.1, 0.15) is 0 Å². The van der Waals surface area contributed by atoms with Gasteiger partial charge in [0.25, 0.3) is 0 Å². The summed E-state index contributed by atoms with van der Waals surface area (Å²) in [5.41, 5.74) is 1.68. The quantitative estimate of drug-likeness (QED) is 0.327. The second-order valence-corrected chi connectivity index (χ2v) is 13.0. The molecular weight excluding hydrogens is 395 g/mol. The molecule has 0 spiro atoms. The molecule has 1 fully saturated rings. The molecule has 1 saturated heterocycles. The second-order valence-electron chi connectivity index (χ2n) is 8.40. The van der Waals surface area contributed by atoms with E-state index < -0.39 is 6.83 Å². The number of benzene rings is 4. The molecule has 0 N–H and O–H groups in total. The number of hydrogen-bond acceptors (Lipinski definition) is 1. The molecule has 0 aliphatic carbocycles. The van der Waals surface area contributed by atoms with Crippen molar-refractivity contribution in [2.45, 2.75) is 31.5 Å². The summed E-state index contributed by atoms with van der Waals surface area (Å²) in [6.45, 7) is -0.839. The summed E-state index contributed by atoms with van der Waals surface area (Å²) in [5, 5.41) is 3.99. The zero-order chi connectivity index (χ0) is 21.2. The molecule has 0 bridgehead atoms. The third-order valence-corrected chi connectivity index (χ3v) is 13.3. The molecule has 2 atom stereocenters. The molecule has 1 nitrogen and oxygen atoms in total. The average molecular weight is 425 g/mol. The van der Waals surface area contributed by atoms with Gasteiger partial charge in [-0.25, -0.2) is 0 Å². The second kappa shape index (κ2) is 8.08. The predicted molar refractivity (Wildman–Crippen MR) is 134 cm³/mol. The fourth-order valence-corrected chi connectivity index (χ4v) is 12.5. The monoisotopic (exact) mass is 424 g/mol. The Balaban J connectivity index is 1.86. The van der Waals surface area contributed by atoms with Crippen LogP contribution in [-0.2, 0) is 4.52 Å². The molecule has 0 amide bonds. The standard InChI is InChI=1S/C29H29OP/c1-2-15-28-29(24-16-7-3-8-17-24)30-31(28,25-18-9-4-10-19-25,26-20-11-5-12-21-26)27-22-13-6-14-23-27/h3-14,16-23,28-29H,2,15H2,1H3/t28-,29+/m0/s1. The molecule has 2 heteroatoms. The van der Waals surface area contributed by atoms with Crippen molar-refractivity contribution in [3.05, 3.63) is 127 Å². The van der Waals surface area contributed by atoms with Crippen molar-refractivity contribution < 1.29 is 4.52 Å². The summed E-state index contributed by atoms with van der Waals surface area (Å²) < 4.78 is 7.45. The fraction of sp³-hybridized carbons (Fsp3) is 0.172. The van der Waals surface area contributed by atoms with Crippen LogP contribution in [0, 0.1) is 0 Å². The first kappa shape index (κ1) is 20.2. The fourth-order valence-electron chi connectivity index (χ4n) is 5.58. The molecule has 1 heterocycles. The van der Waals surface area contributed by atoms with Crippen molar-refractivity contribution >= 4 is 22.7 Å². The summed E-state index contributed by atoms with van der Waals surface area (Å²) >= 11 is 0. The molecular formula is C29H29OP.